The Morgan fingerprint density at radius 2 is 1.95 bits per heavy atom. The lowest BCUT2D eigenvalue weighted by atomic mass is 10.0. The maximum Gasteiger partial charge on any atom is 0.131 e. The van der Waals surface area contributed by atoms with Crippen molar-refractivity contribution in [3.05, 3.63) is 58.1 Å². The number of rotatable bonds is 6. The van der Waals surface area contributed by atoms with E-state index in [0.717, 1.165) is 40.8 Å². The minimum absolute atomic E-state index is 0.163. The summed E-state index contributed by atoms with van der Waals surface area (Å²) in [4.78, 5) is 0. The molecule has 1 unspecified atom stereocenters. The Labute approximate surface area is 135 Å². The number of aryl methyl sites for hydroxylation is 1. The summed E-state index contributed by atoms with van der Waals surface area (Å²) < 4.78 is 7.10. The monoisotopic (exact) mass is 347 g/mol. The van der Waals surface area contributed by atoms with E-state index in [2.05, 4.69) is 48.0 Å². The summed E-state index contributed by atoms with van der Waals surface area (Å²) in [6, 6.07) is 14.5. The van der Waals surface area contributed by atoms with Gasteiger partial charge in [0, 0.05) is 10.5 Å². The van der Waals surface area contributed by atoms with Gasteiger partial charge in [0.2, 0.25) is 0 Å². The lowest BCUT2D eigenvalue weighted by Crippen LogP contribution is -2.21. The normalized spacial score (nSPS) is 12.2. The molecule has 0 bridgehead atoms. The molecule has 2 rings (SSSR count). The van der Waals surface area contributed by atoms with Gasteiger partial charge in [-0.2, -0.15) is 0 Å². The maximum absolute atomic E-state index is 6.09. The second-order valence-corrected chi connectivity index (χ2v) is 6.14. The van der Waals surface area contributed by atoms with E-state index < -0.39 is 0 Å². The third-order valence-corrected chi connectivity index (χ3v) is 4.06. The van der Waals surface area contributed by atoms with Gasteiger partial charge in [-0.1, -0.05) is 48.0 Å². The topological polar surface area (TPSA) is 35.2 Å². The van der Waals surface area contributed by atoms with E-state index in [-0.39, 0.29) is 6.04 Å². The summed E-state index contributed by atoms with van der Waals surface area (Å²) in [5.41, 5.74) is 8.50. The highest BCUT2D eigenvalue weighted by Gasteiger charge is 2.10. The number of hydrogen-bond donors (Lipinski definition) is 1. The van der Waals surface area contributed by atoms with Crippen LogP contribution in [-0.4, -0.2) is 6.04 Å². The van der Waals surface area contributed by atoms with E-state index in [1.165, 1.54) is 5.56 Å². The van der Waals surface area contributed by atoms with Crippen molar-refractivity contribution in [1.82, 2.24) is 0 Å². The molecule has 0 heterocycles. The van der Waals surface area contributed by atoms with Gasteiger partial charge < -0.3 is 10.5 Å². The Morgan fingerprint density at radius 1 is 1.14 bits per heavy atom. The molecule has 0 aromatic heterocycles. The molecule has 0 aliphatic rings. The summed E-state index contributed by atoms with van der Waals surface area (Å²) >= 11 is 3.51. The third kappa shape index (κ3) is 4.58. The first-order valence-electron chi connectivity index (χ1n) is 7.43. The van der Waals surface area contributed by atoms with E-state index in [0.29, 0.717) is 0 Å². The van der Waals surface area contributed by atoms with E-state index in [4.69, 9.17) is 10.5 Å². The van der Waals surface area contributed by atoms with Crippen LogP contribution in [0.1, 0.15) is 31.4 Å². The molecule has 0 saturated heterocycles. The predicted molar refractivity (Wildman–Crippen MR) is 92.0 cm³/mol. The molecule has 2 N–H and O–H groups in total. The predicted octanol–water partition coefficient (Wildman–Crippen LogP) is 5.08. The van der Waals surface area contributed by atoms with Gasteiger partial charge in [0.15, 0.2) is 0 Å². The quantitative estimate of drug-likeness (QED) is 0.790. The average Bonchev–Trinajstić information content (AvgIpc) is 2.50. The molecule has 1 atom stereocenters. The molecule has 0 radical (unpaired) electrons. The van der Waals surface area contributed by atoms with Crippen LogP contribution < -0.4 is 10.5 Å². The maximum atomic E-state index is 6.09. The molecule has 0 saturated carbocycles. The van der Waals surface area contributed by atoms with Crippen LogP contribution in [0.4, 0.5) is 0 Å². The van der Waals surface area contributed by atoms with Gasteiger partial charge >= 0.3 is 0 Å². The molecule has 3 heteroatoms. The van der Waals surface area contributed by atoms with E-state index in [9.17, 15) is 0 Å². The standard InChI is InChI=1S/C18H22BrNO/c1-3-13-6-5-7-17(10-13)21-18-12-15(19)9-8-14(18)11-16(20)4-2/h5-10,12,16H,3-4,11,20H2,1-2H3. The van der Waals surface area contributed by atoms with E-state index >= 15 is 0 Å². The van der Waals surface area contributed by atoms with E-state index in [1.807, 2.05) is 24.3 Å². The number of hydrogen-bond acceptors (Lipinski definition) is 2. The van der Waals surface area contributed by atoms with Crippen molar-refractivity contribution in [2.24, 2.45) is 5.73 Å². The first kappa shape index (κ1) is 16.1. The van der Waals surface area contributed by atoms with Crippen LogP contribution >= 0.6 is 15.9 Å². The van der Waals surface area contributed by atoms with E-state index in [1.54, 1.807) is 0 Å². The molecule has 0 fully saturated rings. The fourth-order valence-electron chi connectivity index (χ4n) is 2.17. The fraction of sp³-hybridized carbons (Fsp3) is 0.333. The van der Waals surface area contributed by atoms with Crippen molar-refractivity contribution in [2.45, 2.75) is 39.2 Å². The zero-order valence-electron chi connectivity index (χ0n) is 12.6. The molecule has 2 aromatic rings. The Hall–Kier alpha value is -1.32. The van der Waals surface area contributed by atoms with Gasteiger partial charge in [-0.15, -0.1) is 0 Å². The minimum atomic E-state index is 0.163. The van der Waals surface area contributed by atoms with Crippen LogP contribution in [0.2, 0.25) is 0 Å². The molecule has 2 nitrogen and oxygen atoms in total. The van der Waals surface area contributed by atoms with Crippen molar-refractivity contribution in [3.63, 3.8) is 0 Å². The zero-order valence-corrected chi connectivity index (χ0v) is 14.2. The Kier molecular flexibility index (Phi) is 5.83. The van der Waals surface area contributed by atoms with Crippen LogP contribution in [0.25, 0.3) is 0 Å². The molecule has 21 heavy (non-hydrogen) atoms. The summed E-state index contributed by atoms with van der Waals surface area (Å²) in [7, 11) is 0. The molecular weight excluding hydrogens is 326 g/mol. The summed E-state index contributed by atoms with van der Waals surface area (Å²) in [6.07, 6.45) is 2.79. The highest BCUT2D eigenvalue weighted by Crippen LogP contribution is 2.30. The second kappa shape index (κ2) is 7.62. The summed E-state index contributed by atoms with van der Waals surface area (Å²) in [5, 5.41) is 0. The van der Waals surface area contributed by atoms with Gasteiger partial charge in [-0.05, 0) is 54.7 Å². The van der Waals surface area contributed by atoms with Gasteiger partial charge in [0.1, 0.15) is 11.5 Å². The van der Waals surface area contributed by atoms with Crippen molar-refractivity contribution in [1.29, 1.82) is 0 Å². The van der Waals surface area contributed by atoms with Crippen molar-refractivity contribution in [3.8, 4) is 11.5 Å². The average molecular weight is 348 g/mol. The van der Waals surface area contributed by atoms with Gasteiger partial charge in [0.05, 0.1) is 0 Å². The molecule has 2 aromatic carbocycles. The number of benzene rings is 2. The van der Waals surface area contributed by atoms with Gasteiger partial charge in [-0.25, -0.2) is 0 Å². The number of halogens is 1. The lowest BCUT2D eigenvalue weighted by molar-refractivity contribution is 0.471. The molecule has 0 aliphatic carbocycles. The number of nitrogens with two attached hydrogens (primary N) is 1. The van der Waals surface area contributed by atoms with Crippen molar-refractivity contribution < 1.29 is 4.74 Å². The van der Waals surface area contributed by atoms with Crippen LogP contribution in [-0.2, 0) is 12.8 Å². The smallest absolute Gasteiger partial charge is 0.131 e. The minimum Gasteiger partial charge on any atom is -0.457 e. The Bertz CT molecular complexity index is 598. The molecule has 0 aliphatic heterocycles. The first-order chi connectivity index (χ1) is 10.1. The Balaban J connectivity index is 2.26. The lowest BCUT2D eigenvalue weighted by Gasteiger charge is -2.15. The fourth-order valence-corrected chi connectivity index (χ4v) is 2.51. The van der Waals surface area contributed by atoms with Crippen molar-refractivity contribution >= 4 is 15.9 Å². The summed E-state index contributed by atoms with van der Waals surface area (Å²) in [6.45, 7) is 4.25. The Morgan fingerprint density at radius 3 is 2.67 bits per heavy atom. The highest BCUT2D eigenvalue weighted by molar-refractivity contribution is 9.10. The summed E-state index contributed by atoms with van der Waals surface area (Å²) in [5.74, 6) is 1.75. The van der Waals surface area contributed by atoms with Gasteiger partial charge in [-0.3, -0.25) is 0 Å². The van der Waals surface area contributed by atoms with Gasteiger partial charge in [0.25, 0.3) is 0 Å². The molecule has 0 amide bonds. The third-order valence-electron chi connectivity index (χ3n) is 3.57. The highest BCUT2D eigenvalue weighted by atomic mass is 79.9. The molecular formula is C18H22BrNO. The zero-order chi connectivity index (χ0) is 15.2. The van der Waals surface area contributed by atoms with Crippen LogP contribution in [0.15, 0.2) is 46.9 Å². The van der Waals surface area contributed by atoms with Crippen molar-refractivity contribution in [2.75, 3.05) is 0 Å². The second-order valence-electron chi connectivity index (χ2n) is 5.23. The first-order valence-corrected chi connectivity index (χ1v) is 8.22. The van der Waals surface area contributed by atoms with Crippen LogP contribution in [0.5, 0.6) is 11.5 Å². The number of ether oxygens (including phenoxy) is 1. The molecule has 0 spiro atoms. The van der Waals surface area contributed by atoms with Crippen LogP contribution in [0, 0.1) is 0 Å². The van der Waals surface area contributed by atoms with Crippen LogP contribution in [0.3, 0.4) is 0 Å². The SMILES string of the molecule is CCc1cccc(Oc2cc(Br)ccc2CC(N)CC)c1. The molecule has 112 valence electrons. The largest absolute Gasteiger partial charge is 0.457 e.